The first-order chi connectivity index (χ1) is 13.6. The number of para-hydroxylation sites is 1. The van der Waals surface area contributed by atoms with E-state index in [1.807, 2.05) is 36.4 Å². The van der Waals surface area contributed by atoms with E-state index in [0.29, 0.717) is 30.0 Å². The van der Waals surface area contributed by atoms with E-state index in [1.165, 1.54) is 0 Å². The maximum Gasteiger partial charge on any atom is 0.374 e. The summed E-state index contributed by atoms with van der Waals surface area (Å²) < 4.78 is 20.9. The van der Waals surface area contributed by atoms with Crippen molar-refractivity contribution < 1.29 is 28.2 Å². The number of carbonyl (C=O) groups is 2. The van der Waals surface area contributed by atoms with Crippen LogP contribution < -0.4 is 14.8 Å². The highest BCUT2D eigenvalue weighted by Crippen LogP contribution is 2.27. The zero-order valence-electron chi connectivity index (χ0n) is 15.7. The first-order valence-corrected chi connectivity index (χ1v) is 8.74. The summed E-state index contributed by atoms with van der Waals surface area (Å²) in [6, 6.07) is 14.4. The van der Waals surface area contributed by atoms with Gasteiger partial charge in [0.15, 0.2) is 18.1 Å². The van der Waals surface area contributed by atoms with Gasteiger partial charge < -0.3 is 23.9 Å². The number of hydrogen-bond acceptors (Lipinski definition) is 6. The Balaban J connectivity index is 1.45. The highest BCUT2D eigenvalue weighted by atomic mass is 16.5. The summed E-state index contributed by atoms with van der Waals surface area (Å²) in [6.45, 7) is 0.0261. The van der Waals surface area contributed by atoms with Gasteiger partial charge in [0.2, 0.25) is 5.76 Å². The van der Waals surface area contributed by atoms with Gasteiger partial charge in [0.25, 0.3) is 5.91 Å². The molecule has 0 saturated heterocycles. The molecule has 7 nitrogen and oxygen atoms in total. The van der Waals surface area contributed by atoms with Crippen molar-refractivity contribution in [2.24, 2.45) is 0 Å². The molecule has 0 aliphatic rings. The smallest absolute Gasteiger partial charge is 0.374 e. The number of amides is 1. The van der Waals surface area contributed by atoms with Crippen molar-refractivity contribution in [1.82, 2.24) is 5.32 Å². The van der Waals surface area contributed by atoms with Crippen LogP contribution in [0, 0.1) is 0 Å². The predicted octanol–water partition coefficient (Wildman–Crippen LogP) is 2.97. The number of carbonyl (C=O) groups excluding carboxylic acids is 2. The molecule has 0 aliphatic heterocycles. The summed E-state index contributed by atoms with van der Waals surface area (Å²) in [4.78, 5) is 23.9. The molecule has 0 atom stereocenters. The molecule has 0 spiro atoms. The monoisotopic (exact) mass is 383 g/mol. The SMILES string of the molecule is COc1ccc(CCNC(=O)COC(=O)c2cc3ccccc3o2)cc1OC. The van der Waals surface area contributed by atoms with Crippen LogP contribution in [0.15, 0.2) is 52.9 Å². The molecule has 0 aliphatic carbocycles. The lowest BCUT2D eigenvalue weighted by Gasteiger charge is -2.10. The Morgan fingerprint density at radius 3 is 2.54 bits per heavy atom. The summed E-state index contributed by atoms with van der Waals surface area (Å²) in [5, 5.41) is 3.51. The Kier molecular flexibility index (Phi) is 6.16. The number of furan rings is 1. The Bertz CT molecular complexity index is 945. The highest BCUT2D eigenvalue weighted by Gasteiger charge is 2.15. The molecule has 0 fully saturated rings. The number of rotatable bonds is 8. The normalized spacial score (nSPS) is 10.5. The third-order valence-electron chi connectivity index (χ3n) is 4.14. The van der Waals surface area contributed by atoms with Gasteiger partial charge in [-0.15, -0.1) is 0 Å². The topological polar surface area (TPSA) is 87.0 Å². The molecule has 1 aromatic heterocycles. The number of methoxy groups -OCH3 is 2. The summed E-state index contributed by atoms with van der Waals surface area (Å²) in [5.74, 6) is 0.286. The third-order valence-corrected chi connectivity index (χ3v) is 4.14. The predicted molar refractivity (Wildman–Crippen MR) is 103 cm³/mol. The van der Waals surface area contributed by atoms with Gasteiger partial charge in [-0.1, -0.05) is 24.3 Å². The van der Waals surface area contributed by atoms with Gasteiger partial charge in [-0.2, -0.15) is 0 Å². The van der Waals surface area contributed by atoms with Crippen molar-refractivity contribution in [3.63, 3.8) is 0 Å². The number of hydrogen-bond donors (Lipinski definition) is 1. The van der Waals surface area contributed by atoms with E-state index in [9.17, 15) is 9.59 Å². The largest absolute Gasteiger partial charge is 0.493 e. The van der Waals surface area contributed by atoms with Gasteiger partial charge in [-0.05, 0) is 36.2 Å². The maximum absolute atomic E-state index is 12.0. The molecule has 7 heteroatoms. The van der Waals surface area contributed by atoms with E-state index in [4.69, 9.17) is 18.6 Å². The van der Waals surface area contributed by atoms with Crippen LogP contribution in [0.4, 0.5) is 0 Å². The minimum absolute atomic E-state index is 0.0688. The molecule has 3 rings (SSSR count). The molecule has 28 heavy (non-hydrogen) atoms. The van der Waals surface area contributed by atoms with Crippen LogP contribution in [0.5, 0.6) is 11.5 Å². The van der Waals surface area contributed by atoms with Crippen LogP contribution in [0.3, 0.4) is 0 Å². The molecule has 0 saturated carbocycles. The van der Waals surface area contributed by atoms with Gasteiger partial charge >= 0.3 is 5.97 Å². The summed E-state index contributed by atoms with van der Waals surface area (Å²) >= 11 is 0. The van der Waals surface area contributed by atoms with E-state index in [0.717, 1.165) is 10.9 Å². The molecule has 1 heterocycles. The van der Waals surface area contributed by atoms with E-state index >= 15 is 0 Å². The van der Waals surface area contributed by atoms with Crippen molar-refractivity contribution in [2.45, 2.75) is 6.42 Å². The van der Waals surface area contributed by atoms with Crippen molar-refractivity contribution in [3.8, 4) is 11.5 Å². The van der Waals surface area contributed by atoms with Crippen LogP contribution in [-0.4, -0.2) is 39.2 Å². The fraction of sp³-hybridized carbons (Fsp3) is 0.238. The molecule has 2 aromatic carbocycles. The van der Waals surface area contributed by atoms with Gasteiger partial charge in [0, 0.05) is 11.9 Å². The van der Waals surface area contributed by atoms with Crippen LogP contribution in [-0.2, 0) is 16.0 Å². The molecule has 1 N–H and O–H groups in total. The van der Waals surface area contributed by atoms with E-state index in [1.54, 1.807) is 26.4 Å². The Labute approximate surface area is 162 Å². The number of fused-ring (bicyclic) bond motifs is 1. The van der Waals surface area contributed by atoms with Gasteiger partial charge in [0.1, 0.15) is 5.58 Å². The lowest BCUT2D eigenvalue weighted by atomic mass is 10.1. The molecular weight excluding hydrogens is 362 g/mol. The summed E-state index contributed by atoms with van der Waals surface area (Å²) in [5.41, 5.74) is 1.58. The zero-order valence-corrected chi connectivity index (χ0v) is 15.7. The second kappa shape index (κ2) is 8.94. The molecular formula is C21H21NO6. The third kappa shape index (κ3) is 4.62. The van der Waals surface area contributed by atoms with Crippen LogP contribution in [0.25, 0.3) is 11.0 Å². The first-order valence-electron chi connectivity index (χ1n) is 8.74. The van der Waals surface area contributed by atoms with E-state index in [2.05, 4.69) is 5.32 Å². The second-order valence-corrected chi connectivity index (χ2v) is 6.01. The Hall–Kier alpha value is -3.48. The minimum atomic E-state index is -0.675. The summed E-state index contributed by atoms with van der Waals surface area (Å²) in [6.07, 6.45) is 0.601. The Morgan fingerprint density at radius 2 is 1.79 bits per heavy atom. The van der Waals surface area contributed by atoms with E-state index < -0.39 is 5.97 Å². The Morgan fingerprint density at radius 1 is 1.00 bits per heavy atom. The zero-order chi connectivity index (χ0) is 19.9. The number of nitrogens with one attached hydrogen (secondary N) is 1. The molecule has 146 valence electrons. The van der Waals surface area contributed by atoms with Gasteiger partial charge in [-0.25, -0.2) is 4.79 Å². The molecule has 0 unspecified atom stereocenters. The number of ether oxygens (including phenoxy) is 3. The average molecular weight is 383 g/mol. The van der Waals surface area contributed by atoms with Crippen molar-refractivity contribution in [1.29, 1.82) is 0 Å². The second-order valence-electron chi connectivity index (χ2n) is 6.01. The lowest BCUT2D eigenvalue weighted by Crippen LogP contribution is -2.30. The standard InChI is InChI=1S/C21H21NO6/c1-25-17-8-7-14(11-18(17)26-2)9-10-22-20(23)13-27-21(24)19-12-15-5-3-4-6-16(15)28-19/h3-8,11-12H,9-10,13H2,1-2H3,(H,22,23). The van der Waals surface area contributed by atoms with Crippen LogP contribution >= 0.6 is 0 Å². The molecule has 1 amide bonds. The quantitative estimate of drug-likeness (QED) is 0.602. The van der Waals surface area contributed by atoms with E-state index in [-0.39, 0.29) is 18.3 Å². The fourth-order valence-electron chi connectivity index (χ4n) is 2.72. The molecule has 0 radical (unpaired) electrons. The van der Waals surface area contributed by atoms with Crippen molar-refractivity contribution in [3.05, 3.63) is 59.9 Å². The highest BCUT2D eigenvalue weighted by molar-refractivity contribution is 5.93. The first kappa shape index (κ1) is 19.3. The average Bonchev–Trinajstić information content (AvgIpc) is 3.16. The van der Waals surface area contributed by atoms with Crippen LogP contribution in [0.1, 0.15) is 16.1 Å². The van der Waals surface area contributed by atoms with Crippen LogP contribution in [0.2, 0.25) is 0 Å². The number of esters is 1. The maximum atomic E-state index is 12.0. The van der Waals surface area contributed by atoms with Crippen molar-refractivity contribution in [2.75, 3.05) is 27.4 Å². The lowest BCUT2D eigenvalue weighted by molar-refractivity contribution is -0.124. The van der Waals surface area contributed by atoms with Gasteiger partial charge in [0.05, 0.1) is 14.2 Å². The summed E-state index contributed by atoms with van der Waals surface area (Å²) in [7, 11) is 3.14. The van der Waals surface area contributed by atoms with Crippen molar-refractivity contribution >= 4 is 22.8 Å². The van der Waals surface area contributed by atoms with Gasteiger partial charge in [-0.3, -0.25) is 4.79 Å². The molecule has 0 bridgehead atoms. The minimum Gasteiger partial charge on any atom is -0.493 e. The number of benzene rings is 2. The molecule has 3 aromatic rings. The fourth-order valence-corrected chi connectivity index (χ4v) is 2.72.